The summed E-state index contributed by atoms with van der Waals surface area (Å²) in [6, 6.07) is 14.1. The van der Waals surface area contributed by atoms with Gasteiger partial charge in [0.1, 0.15) is 22.0 Å². The van der Waals surface area contributed by atoms with Crippen LogP contribution < -0.4 is 11.1 Å². The summed E-state index contributed by atoms with van der Waals surface area (Å²) in [5.41, 5.74) is 5.70. The smallest absolute Gasteiger partial charge is 0.296 e. The van der Waals surface area contributed by atoms with Crippen molar-refractivity contribution in [2.75, 3.05) is 11.1 Å². The van der Waals surface area contributed by atoms with E-state index in [0.717, 1.165) is 24.3 Å². The third-order valence-electron chi connectivity index (χ3n) is 5.21. The van der Waals surface area contributed by atoms with E-state index in [0.29, 0.717) is 5.02 Å². The topological polar surface area (TPSA) is 209 Å². The molecule has 12 nitrogen and oxygen atoms in total. The SMILES string of the molecule is Nc1ccc2cc(S(=O)(=O)O)cc(O)c2c1N=Nc1ccc(NC(=O)c2cccc(Cl)c2)cc1S(=O)(=O)O. The number of nitrogens with one attached hydrogen (secondary N) is 1. The zero-order valence-electron chi connectivity index (χ0n) is 18.9. The summed E-state index contributed by atoms with van der Waals surface area (Å²) in [5.74, 6) is -1.18. The molecule has 4 aromatic carbocycles. The average molecular weight is 577 g/mol. The molecule has 0 unspecified atom stereocenters. The van der Waals surface area contributed by atoms with Crippen LogP contribution in [0.5, 0.6) is 5.75 Å². The molecule has 4 rings (SSSR count). The van der Waals surface area contributed by atoms with Gasteiger partial charge in [-0.2, -0.15) is 16.8 Å². The first kappa shape index (κ1) is 27.0. The number of phenols is 1. The fourth-order valence-corrected chi connectivity index (χ4v) is 4.86. The van der Waals surface area contributed by atoms with E-state index in [1.165, 1.54) is 30.3 Å². The van der Waals surface area contributed by atoms with E-state index in [1.807, 2.05) is 0 Å². The van der Waals surface area contributed by atoms with Gasteiger partial charge in [0.05, 0.1) is 16.0 Å². The number of hydrogen-bond acceptors (Lipinski definition) is 9. The van der Waals surface area contributed by atoms with Crippen LogP contribution in [0.25, 0.3) is 10.8 Å². The number of nitrogens with two attached hydrogens (primary N) is 1. The van der Waals surface area contributed by atoms with Crippen molar-refractivity contribution in [1.82, 2.24) is 0 Å². The number of hydrogen-bond donors (Lipinski definition) is 5. The number of rotatable bonds is 6. The van der Waals surface area contributed by atoms with Gasteiger partial charge >= 0.3 is 0 Å². The molecule has 1 amide bonds. The molecule has 38 heavy (non-hydrogen) atoms. The Hall–Kier alpha value is -4.08. The highest BCUT2D eigenvalue weighted by Crippen LogP contribution is 2.41. The van der Waals surface area contributed by atoms with Gasteiger partial charge in [-0.15, -0.1) is 10.2 Å². The summed E-state index contributed by atoms with van der Waals surface area (Å²) in [6.07, 6.45) is 0. The van der Waals surface area contributed by atoms with Gasteiger partial charge < -0.3 is 16.2 Å². The molecule has 15 heteroatoms. The molecule has 0 atom stereocenters. The van der Waals surface area contributed by atoms with Crippen molar-refractivity contribution in [1.29, 1.82) is 0 Å². The third kappa shape index (κ3) is 5.74. The first-order chi connectivity index (χ1) is 17.7. The van der Waals surface area contributed by atoms with Crippen molar-refractivity contribution >= 4 is 71.3 Å². The van der Waals surface area contributed by atoms with Crippen molar-refractivity contribution in [2.24, 2.45) is 10.2 Å². The number of phenolic OH excluding ortho intramolecular Hbond substituents is 1. The molecule has 0 heterocycles. The van der Waals surface area contributed by atoms with E-state index in [2.05, 4.69) is 15.5 Å². The zero-order chi connectivity index (χ0) is 27.8. The number of amides is 1. The number of nitrogens with zero attached hydrogens (tertiary/aromatic N) is 2. The molecule has 4 aromatic rings. The van der Waals surface area contributed by atoms with Crippen LogP contribution in [0.4, 0.5) is 22.7 Å². The molecule has 6 N–H and O–H groups in total. The van der Waals surface area contributed by atoms with E-state index in [9.17, 15) is 35.8 Å². The Morgan fingerprint density at radius 3 is 2.29 bits per heavy atom. The highest BCUT2D eigenvalue weighted by Gasteiger charge is 2.20. The van der Waals surface area contributed by atoms with E-state index >= 15 is 0 Å². The maximum absolute atomic E-state index is 12.5. The second kappa shape index (κ2) is 10.00. The van der Waals surface area contributed by atoms with Gasteiger partial charge in [-0.25, -0.2) is 0 Å². The monoisotopic (exact) mass is 576 g/mol. The Morgan fingerprint density at radius 1 is 0.895 bits per heavy atom. The molecule has 0 saturated heterocycles. The van der Waals surface area contributed by atoms with Crippen molar-refractivity contribution < 1.29 is 35.8 Å². The standard InChI is InChI=1S/C23H17ClN4O8S2/c24-14-3-1-2-13(8-14)23(30)26-15-5-7-18(20(10-15)38(34,35)36)27-28-22-17(25)6-4-12-9-16(37(31,32)33)11-19(29)21(12)22/h1-11,29H,25H2,(H,26,30)(H,31,32,33)(H,34,35,36). The second-order valence-electron chi connectivity index (χ2n) is 7.84. The van der Waals surface area contributed by atoms with Crippen LogP contribution in [0.3, 0.4) is 0 Å². The Morgan fingerprint density at radius 2 is 1.63 bits per heavy atom. The molecule has 0 aliphatic heterocycles. The van der Waals surface area contributed by atoms with Crippen LogP contribution >= 0.6 is 11.6 Å². The molecule has 0 aliphatic rings. The molecule has 0 bridgehead atoms. The molecule has 0 radical (unpaired) electrons. The zero-order valence-corrected chi connectivity index (χ0v) is 21.3. The Kier molecular flexibility index (Phi) is 7.10. The van der Waals surface area contributed by atoms with Gasteiger partial charge in [-0.05, 0) is 53.9 Å². The number of anilines is 2. The fourth-order valence-electron chi connectivity index (χ4n) is 3.49. The van der Waals surface area contributed by atoms with E-state index in [1.54, 1.807) is 12.1 Å². The molecule has 0 spiro atoms. The van der Waals surface area contributed by atoms with Gasteiger partial charge in [-0.3, -0.25) is 13.9 Å². The Balaban J connectivity index is 1.76. The van der Waals surface area contributed by atoms with Gasteiger partial charge in [0.25, 0.3) is 26.1 Å². The number of nitrogen functional groups attached to an aromatic ring is 1. The van der Waals surface area contributed by atoms with Gasteiger partial charge in [0.15, 0.2) is 0 Å². The molecule has 0 aliphatic carbocycles. The predicted octanol–water partition coefficient (Wildman–Crippen LogP) is 4.94. The molecule has 0 fully saturated rings. The molecule has 0 saturated carbocycles. The number of benzene rings is 4. The normalized spacial score (nSPS) is 12.2. The average Bonchev–Trinajstić information content (AvgIpc) is 2.82. The van der Waals surface area contributed by atoms with Crippen molar-refractivity contribution in [3.8, 4) is 5.75 Å². The summed E-state index contributed by atoms with van der Waals surface area (Å²) in [4.78, 5) is 11.2. The van der Waals surface area contributed by atoms with Gasteiger partial charge in [0, 0.05) is 22.3 Å². The first-order valence-corrected chi connectivity index (χ1v) is 13.6. The van der Waals surface area contributed by atoms with E-state index < -0.39 is 41.7 Å². The molecular formula is C23H17ClN4O8S2. The maximum Gasteiger partial charge on any atom is 0.296 e. The number of azo groups is 1. The largest absolute Gasteiger partial charge is 0.507 e. The predicted molar refractivity (Wildman–Crippen MR) is 140 cm³/mol. The Labute approximate surface area is 220 Å². The van der Waals surface area contributed by atoms with Crippen LogP contribution in [-0.2, 0) is 20.2 Å². The van der Waals surface area contributed by atoms with E-state index in [-0.39, 0.29) is 39.1 Å². The maximum atomic E-state index is 12.5. The number of aromatic hydroxyl groups is 1. The highest BCUT2D eigenvalue weighted by molar-refractivity contribution is 7.86. The fraction of sp³-hybridized carbons (Fsp3) is 0. The summed E-state index contributed by atoms with van der Waals surface area (Å²) in [5, 5.41) is 21.1. The minimum atomic E-state index is -4.85. The quantitative estimate of drug-likeness (QED) is 0.119. The summed E-state index contributed by atoms with van der Waals surface area (Å²) in [7, 11) is -9.48. The van der Waals surface area contributed by atoms with Crippen LogP contribution in [-0.4, -0.2) is 37.0 Å². The highest BCUT2D eigenvalue weighted by atomic mass is 35.5. The van der Waals surface area contributed by atoms with E-state index in [4.69, 9.17) is 17.3 Å². The minimum Gasteiger partial charge on any atom is -0.507 e. The summed E-state index contributed by atoms with van der Waals surface area (Å²) in [6.45, 7) is 0. The lowest BCUT2D eigenvalue weighted by Crippen LogP contribution is -2.12. The summed E-state index contributed by atoms with van der Waals surface area (Å²) >= 11 is 5.89. The van der Waals surface area contributed by atoms with Crippen LogP contribution in [0.15, 0.2) is 86.7 Å². The summed E-state index contributed by atoms with van der Waals surface area (Å²) < 4.78 is 66.1. The number of carbonyl (C=O) groups excluding carboxylic acids is 1. The number of carbonyl (C=O) groups is 1. The first-order valence-electron chi connectivity index (χ1n) is 10.4. The lowest BCUT2D eigenvalue weighted by molar-refractivity contribution is 0.102. The minimum absolute atomic E-state index is 0.00466. The van der Waals surface area contributed by atoms with Crippen molar-refractivity contribution in [2.45, 2.75) is 9.79 Å². The third-order valence-corrected chi connectivity index (χ3v) is 7.16. The van der Waals surface area contributed by atoms with Gasteiger partial charge in [0.2, 0.25) is 0 Å². The molecular weight excluding hydrogens is 560 g/mol. The molecule has 0 aromatic heterocycles. The number of halogens is 1. The van der Waals surface area contributed by atoms with Gasteiger partial charge in [-0.1, -0.05) is 23.7 Å². The second-order valence-corrected chi connectivity index (χ2v) is 11.1. The van der Waals surface area contributed by atoms with Crippen molar-refractivity contribution in [3.63, 3.8) is 0 Å². The lowest BCUT2D eigenvalue weighted by Gasteiger charge is -2.10. The van der Waals surface area contributed by atoms with Crippen LogP contribution in [0.1, 0.15) is 10.4 Å². The van der Waals surface area contributed by atoms with Crippen molar-refractivity contribution in [3.05, 3.63) is 77.3 Å². The van der Waals surface area contributed by atoms with Crippen LogP contribution in [0.2, 0.25) is 5.02 Å². The molecule has 196 valence electrons. The lowest BCUT2D eigenvalue weighted by atomic mass is 10.1. The Bertz CT molecular complexity index is 1860. The van der Waals surface area contributed by atoms with Crippen LogP contribution in [0, 0.1) is 0 Å². The number of fused-ring (bicyclic) bond motifs is 1.